The second-order valence-corrected chi connectivity index (χ2v) is 9.61. The lowest BCUT2D eigenvalue weighted by molar-refractivity contribution is -0.128. The zero-order chi connectivity index (χ0) is 23.1. The van der Waals surface area contributed by atoms with Crippen molar-refractivity contribution in [2.75, 3.05) is 23.7 Å². The number of para-hydroxylation sites is 1. The van der Waals surface area contributed by atoms with Gasteiger partial charge in [-0.25, -0.2) is 8.42 Å². The van der Waals surface area contributed by atoms with Crippen LogP contribution in [0.1, 0.15) is 32.1 Å². The summed E-state index contributed by atoms with van der Waals surface area (Å²) >= 11 is 6.06. The van der Waals surface area contributed by atoms with Crippen molar-refractivity contribution in [2.24, 2.45) is 5.92 Å². The molecule has 172 valence electrons. The first-order valence-corrected chi connectivity index (χ1v) is 12.2. The SMILES string of the molecule is COc1ccc(NC(=O)CNC(=O)C2CCCCC2)cc1S(=O)(=O)Nc1ccccc1Cl. The Morgan fingerprint density at radius 2 is 1.81 bits per heavy atom. The van der Waals surface area contributed by atoms with Gasteiger partial charge in [0.15, 0.2) is 0 Å². The molecule has 3 N–H and O–H groups in total. The second kappa shape index (κ2) is 10.7. The van der Waals surface area contributed by atoms with Gasteiger partial charge in [-0.2, -0.15) is 0 Å². The average molecular weight is 480 g/mol. The summed E-state index contributed by atoms with van der Waals surface area (Å²) in [6, 6.07) is 10.7. The molecule has 0 aliphatic heterocycles. The van der Waals surface area contributed by atoms with Crippen molar-refractivity contribution in [1.82, 2.24) is 5.32 Å². The van der Waals surface area contributed by atoms with Gasteiger partial charge in [0.2, 0.25) is 11.8 Å². The number of amides is 2. The number of rotatable bonds is 8. The predicted molar refractivity (Wildman–Crippen MR) is 123 cm³/mol. The van der Waals surface area contributed by atoms with Crippen molar-refractivity contribution in [2.45, 2.75) is 37.0 Å². The Hall–Kier alpha value is -2.78. The lowest BCUT2D eigenvalue weighted by Gasteiger charge is -2.20. The summed E-state index contributed by atoms with van der Waals surface area (Å²) in [6.07, 6.45) is 4.86. The van der Waals surface area contributed by atoms with Crippen molar-refractivity contribution < 1.29 is 22.7 Å². The zero-order valence-corrected chi connectivity index (χ0v) is 19.3. The first-order chi connectivity index (χ1) is 15.3. The van der Waals surface area contributed by atoms with Crippen LogP contribution in [0.15, 0.2) is 47.4 Å². The molecule has 32 heavy (non-hydrogen) atoms. The van der Waals surface area contributed by atoms with Crippen molar-refractivity contribution in [1.29, 1.82) is 0 Å². The van der Waals surface area contributed by atoms with Gasteiger partial charge in [-0.3, -0.25) is 14.3 Å². The van der Waals surface area contributed by atoms with E-state index < -0.39 is 15.9 Å². The average Bonchev–Trinajstić information content (AvgIpc) is 2.79. The molecule has 0 aromatic heterocycles. The summed E-state index contributed by atoms with van der Waals surface area (Å²) in [5.74, 6) is -0.526. The zero-order valence-electron chi connectivity index (χ0n) is 17.7. The van der Waals surface area contributed by atoms with Gasteiger partial charge >= 0.3 is 0 Å². The van der Waals surface area contributed by atoms with E-state index in [1.165, 1.54) is 31.4 Å². The fourth-order valence-corrected chi connectivity index (χ4v) is 5.10. The maximum atomic E-state index is 12.9. The van der Waals surface area contributed by atoms with Crippen molar-refractivity contribution in [3.05, 3.63) is 47.5 Å². The normalized spacial score (nSPS) is 14.4. The number of anilines is 2. The third-order valence-corrected chi connectivity index (χ3v) is 6.97. The fraction of sp³-hybridized carbons (Fsp3) is 0.364. The molecule has 1 aliphatic carbocycles. The molecule has 1 aliphatic rings. The Bertz CT molecular complexity index is 1080. The molecule has 10 heteroatoms. The highest BCUT2D eigenvalue weighted by Crippen LogP contribution is 2.31. The van der Waals surface area contributed by atoms with E-state index in [2.05, 4.69) is 15.4 Å². The van der Waals surface area contributed by atoms with Crippen LogP contribution in [0, 0.1) is 5.92 Å². The number of sulfonamides is 1. The summed E-state index contributed by atoms with van der Waals surface area (Å²) in [6.45, 7) is -0.193. The number of hydrogen-bond donors (Lipinski definition) is 3. The van der Waals surface area contributed by atoms with Crippen LogP contribution in [0.2, 0.25) is 5.02 Å². The van der Waals surface area contributed by atoms with Crippen LogP contribution in [0.5, 0.6) is 5.75 Å². The molecule has 2 aromatic carbocycles. The Balaban J connectivity index is 1.69. The molecule has 0 atom stereocenters. The highest BCUT2D eigenvalue weighted by atomic mass is 35.5. The molecule has 1 saturated carbocycles. The summed E-state index contributed by atoms with van der Waals surface area (Å²) in [4.78, 5) is 24.4. The van der Waals surface area contributed by atoms with Crippen LogP contribution in [0.4, 0.5) is 11.4 Å². The van der Waals surface area contributed by atoms with Crippen molar-refractivity contribution >= 4 is 44.8 Å². The number of carbonyl (C=O) groups excluding carboxylic acids is 2. The van der Waals surface area contributed by atoms with E-state index in [0.717, 1.165) is 32.1 Å². The van der Waals surface area contributed by atoms with E-state index >= 15 is 0 Å². The minimum atomic E-state index is -4.06. The number of methoxy groups -OCH3 is 1. The Labute approximate surface area is 192 Å². The first-order valence-electron chi connectivity index (χ1n) is 10.3. The van der Waals surface area contributed by atoms with Gasteiger partial charge in [-0.15, -0.1) is 0 Å². The molecular weight excluding hydrogens is 454 g/mol. The number of nitrogens with one attached hydrogen (secondary N) is 3. The lowest BCUT2D eigenvalue weighted by Crippen LogP contribution is -2.37. The van der Waals surface area contributed by atoms with E-state index in [1.54, 1.807) is 18.2 Å². The second-order valence-electron chi connectivity index (χ2n) is 7.55. The van der Waals surface area contributed by atoms with Gasteiger partial charge in [-0.1, -0.05) is 43.0 Å². The van der Waals surface area contributed by atoms with Gasteiger partial charge in [-0.05, 0) is 43.2 Å². The van der Waals surface area contributed by atoms with E-state index in [9.17, 15) is 18.0 Å². The number of ether oxygens (including phenoxy) is 1. The van der Waals surface area contributed by atoms with Gasteiger partial charge < -0.3 is 15.4 Å². The largest absolute Gasteiger partial charge is 0.495 e. The van der Waals surface area contributed by atoms with Crippen LogP contribution < -0.4 is 20.1 Å². The Morgan fingerprint density at radius 3 is 2.50 bits per heavy atom. The number of benzene rings is 2. The molecule has 0 spiro atoms. The first kappa shape index (κ1) is 23.9. The standard InChI is InChI=1S/C22H26ClN3O5S/c1-31-19-12-11-16(25-21(27)14-24-22(28)15-7-3-2-4-8-15)13-20(19)32(29,30)26-18-10-6-5-9-17(18)23/h5-6,9-13,15,26H,2-4,7-8,14H2,1H3,(H,24,28)(H,25,27). The third-order valence-electron chi connectivity index (χ3n) is 5.25. The maximum absolute atomic E-state index is 12.9. The van der Waals surface area contributed by atoms with E-state index in [4.69, 9.17) is 16.3 Å². The highest BCUT2D eigenvalue weighted by molar-refractivity contribution is 7.92. The molecule has 0 bridgehead atoms. The van der Waals surface area contributed by atoms with Gasteiger partial charge in [0, 0.05) is 11.6 Å². The molecule has 0 heterocycles. The van der Waals surface area contributed by atoms with Crippen LogP contribution in [-0.4, -0.2) is 33.9 Å². The van der Waals surface area contributed by atoms with Crippen LogP contribution in [0.25, 0.3) is 0 Å². The molecule has 2 amide bonds. The number of carbonyl (C=O) groups is 2. The van der Waals surface area contributed by atoms with Crippen LogP contribution >= 0.6 is 11.6 Å². The van der Waals surface area contributed by atoms with E-state index in [1.807, 2.05) is 0 Å². The molecule has 1 fully saturated rings. The summed E-state index contributed by atoms with van der Waals surface area (Å²) in [5.41, 5.74) is 0.471. The van der Waals surface area contributed by atoms with E-state index in [-0.39, 0.29) is 45.4 Å². The molecular formula is C22H26ClN3O5S. The van der Waals surface area contributed by atoms with E-state index in [0.29, 0.717) is 0 Å². The van der Waals surface area contributed by atoms with Gasteiger partial charge in [0.25, 0.3) is 10.0 Å². The minimum absolute atomic E-state index is 0.0508. The summed E-state index contributed by atoms with van der Waals surface area (Å²) in [5, 5.41) is 5.51. The molecule has 0 unspecified atom stereocenters. The quantitative estimate of drug-likeness (QED) is 0.533. The summed E-state index contributed by atoms with van der Waals surface area (Å²) in [7, 11) is -2.71. The molecule has 0 radical (unpaired) electrons. The molecule has 0 saturated heterocycles. The lowest BCUT2D eigenvalue weighted by atomic mass is 9.89. The number of halogens is 1. The molecule has 8 nitrogen and oxygen atoms in total. The minimum Gasteiger partial charge on any atom is -0.495 e. The third kappa shape index (κ3) is 6.14. The summed E-state index contributed by atoms with van der Waals surface area (Å²) < 4.78 is 33.5. The predicted octanol–water partition coefficient (Wildman–Crippen LogP) is 3.78. The monoisotopic (exact) mass is 479 g/mol. The molecule has 3 rings (SSSR count). The van der Waals surface area contributed by atoms with Crippen molar-refractivity contribution in [3.63, 3.8) is 0 Å². The van der Waals surface area contributed by atoms with Crippen molar-refractivity contribution in [3.8, 4) is 5.75 Å². The maximum Gasteiger partial charge on any atom is 0.265 e. The van der Waals surface area contributed by atoms with Crippen LogP contribution in [-0.2, 0) is 19.6 Å². The molecule has 2 aromatic rings. The van der Waals surface area contributed by atoms with Gasteiger partial charge in [0.05, 0.1) is 24.4 Å². The Morgan fingerprint density at radius 1 is 1.09 bits per heavy atom. The Kier molecular flexibility index (Phi) is 7.98. The number of hydrogen-bond acceptors (Lipinski definition) is 5. The highest BCUT2D eigenvalue weighted by Gasteiger charge is 2.23. The smallest absolute Gasteiger partial charge is 0.265 e. The van der Waals surface area contributed by atoms with Crippen LogP contribution in [0.3, 0.4) is 0 Å². The topological polar surface area (TPSA) is 114 Å². The van der Waals surface area contributed by atoms with Gasteiger partial charge in [0.1, 0.15) is 10.6 Å². The fourth-order valence-electron chi connectivity index (χ4n) is 3.59.